The Balaban J connectivity index is 2.12. The van der Waals surface area contributed by atoms with E-state index < -0.39 is 112 Å². The van der Waals surface area contributed by atoms with E-state index in [0.717, 1.165) is 0 Å². The predicted molar refractivity (Wildman–Crippen MR) is 111 cm³/mol. The summed E-state index contributed by atoms with van der Waals surface area (Å²) in [5.74, 6) is 0. The van der Waals surface area contributed by atoms with Crippen molar-refractivity contribution in [2.75, 3.05) is 26.4 Å². The third-order valence-electron chi connectivity index (χ3n) is 6.11. The van der Waals surface area contributed by atoms with Crippen molar-refractivity contribution in [3.05, 3.63) is 0 Å². The molecule has 10 N–H and O–H groups in total. The molecule has 2 aliphatic rings. The van der Waals surface area contributed by atoms with Gasteiger partial charge in [0.05, 0.1) is 38.6 Å². The van der Waals surface area contributed by atoms with Crippen LogP contribution in [0.15, 0.2) is 0 Å². The second-order valence-corrected chi connectivity index (χ2v) is 8.66. The first-order chi connectivity index (χ1) is 16.5. The van der Waals surface area contributed by atoms with Gasteiger partial charge in [0.1, 0.15) is 61.0 Å². The lowest BCUT2D eigenvalue weighted by Crippen LogP contribution is -2.61. The molecule has 0 aromatic heterocycles. The number of aliphatic hydroxyl groups excluding tert-OH is 10. The van der Waals surface area contributed by atoms with Gasteiger partial charge in [0.25, 0.3) is 0 Å². The first-order valence-corrected chi connectivity index (χ1v) is 11.3. The quantitative estimate of drug-likeness (QED) is 0.108. The van der Waals surface area contributed by atoms with Gasteiger partial charge in [0.15, 0.2) is 12.6 Å². The SMILES string of the molecule is CC1OC(CO)C(OC(OC(CO)[C@H](C)OC2OC(CO)C(O)C(O)C2O)[C@@H](O)CO)C(O)C1O. The predicted octanol–water partition coefficient (Wildman–Crippen LogP) is -5.87. The summed E-state index contributed by atoms with van der Waals surface area (Å²) >= 11 is 0. The van der Waals surface area contributed by atoms with E-state index in [9.17, 15) is 51.1 Å². The average molecular weight is 519 g/mol. The summed E-state index contributed by atoms with van der Waals surface area (Å²) in [5, 5.41) is 98.8. The molecule has 0 aliphatic carbocycles. The molecule has 2 heterocycles. The minimum atomic E-state index is -1.71. The van der Waals surface area contributed by atoms with E-state index in [0.29, 0.717) is 0 Å². The van der Waals surface area contributed by atoms with Crippen LogP contribution in [0.1, 0.15) is 13.8 Å². The van der Waals surface area contributed by atoms with Crippen molar-refractivity contribution in [1.82, 2.24) is 0 Å². The van der Waals surface area contributed by atoms with E-state index >= 15 is 0 Å². The molecule has 0 aromatic carbocycles. The second-order valence-electron chi connectivity index (χ2n) is 8.66. The van der Waals surface area contributed by atoms with Crippen LogP contribution in [0.25, 0.3) is 0 Å². The lowest BCUT2D eigenvalue weighted by Gasteiger charge is -2.43. The van der Waals surface area contributed by atoms with Gasteiger partial charge in [-0.3, -0.25) is 0 Å². The van der Waals surface area contributed by atoms with E-state index in [2.05, 4.69) is 0 Å². The zero-order valence-corrected chi connectivity index (χ0v) is 19.4. The van der Waals surface area contributed by atoms with Crippen LogP contribution in [-0.2, 0) is 23.7 Å². The molecule has 2 saturated heterocycles. The first-order valence-electron chi connectivity index (χ1n) is 11.3. The molecular formula is C20H38O15. The van der Waals surface area contributed by atoms with Gasteiger partial charge in [-0.1, -0.05) is 0 Å². The van der Waals surface area contributed by atoms with Gasteiger partial charge in [0, 0.05) is 0 Å². The monoisotopic (exact) mass is 518 g/mol. The fourth-order valence-electron chi connectivity index (χ4n) is 3.85. The van der Waals surface area contributed by atoms with Gasteiger partial charge in [-0.25, -0.2) is 0 Å². The highest BCUT2D eigenvalue weighted by Gasteiger charge is 2.47. The summed E-state index contributed by atoms with van der Waals surface area (Å²) in [6, 6.07) is 0. The lowest BCUT2D eigenvalue weighted by molar-refractivity contribution is -0.335. The Morgan fingerprint density at radius 1 is 0.743 bits per heavy atom. The largest absolute Gasteiger partial charge is 0.394 e. The number of hydrogen-bond donors (Lipinski definition) is 10. The molecule has 15 heteroatoms. The van der Waals surface area contributed by atoms with Crippen molar-refractivity contribution >= 4 is 0 Å². The number of aliphatic hydroxyl groups is 10. The van der Waals surface area contributed by atoms with E-state index in [-0.39, 0.29) is 0 Å². The Kier molecular flexibility index (Phi) is 12.1. The van der Waals surface area contributed by atoms with Gasteiger partial charge in [-0.2, -0.15) is 0 Å². The van der Waals surface area contributed by atoms with Gasteiger partial charge < -0.3 is 74.7 Å². The highest BCUT2D eigenvalue weighted by molar-refractivity contribution is 4.92. The van der Waals surface area contributed by atoms with Crippen molar-refractivity contribution in [3.63, 3.8) is 0 Å². The fraction of sp³-hybridized carbons (Fsp3) is 1.00. The molecule has 35 heavy (non-hydrogen) atoms. The molecule has 0 radical (unpaired) electrons. The fourth-order valence-corrected chi connectivity index (χ4v) is 3.85. The number of hydrogen-bond acceptors (Lipinski definition) is 15. The minimum absolute atomic E-state index is 0.610. The average Bonchev–Trinajstić information content (AvgIpc) is 2.85. The van der Waals surface area contributed by atoms with Crippen molar-refractivity contribution in [2.24, 2.45) is 0 Å². The van der Waals surface area contributed by atoms with Crippen molar-refractivity contribution in [3.8, 4) is 0 Å². The molecule has 12 unspecified atom stereocenters. The van der Waals surface area contributed by atoms with Gasteiger partial charge >= 0.3 is 0 Å². The van der Waals surface area contributed by atoms with Crippen LogP contribution in [0.2, 0.25) is 0 Å². The molecule has 2 aliphatic heterocycles. The normalized spacial score (nSPS) is 41.8. The summed E-state index contributed by atoms with van der Waals surface area (Å²) in [6.07, 6.45) is -19.9. The van der Waals surface area contributed by atoms with Crippen LogP contribution in [0.3, 0.4) is 0 Å². The Hall–Kier alpha value is -0.600. The molecule has 0 saturated carbocycles. The van der Waals surface area contributed by atoms with Crippen molar-refractivity contribution < 1.29 is 74.7 Å². The number of ether oxygens (including phenoxy) is 5. The summed E-state index contributed by atoms with van der Waals surface area (Å²) in [4.78, 5) is 0. The summed E-state index contributed by atoms with van der Waals surface area (Å²) < 4.78 is 27.3. The third-order valence-corrected chi connectivity index (χ3v) is 6.11. The zero-order valence-electron chi connectivity index (χ0n) is 19.4. The summed E-state index contributed by atoms with van der Waals surface area (Å²) in [6.45, 7) is -0.0320. The molecule has 14 atom stereocenters. The zero-order chi connectivity index (χ0) is 26.4. The van der Waals surface area contributed by atoms with Crippen LogP contribution in [0, 0.1) is 0 Å². The Morgan fingerprint density at radius 3 is 1.91 bits per heavy atom. The van der Waals surface area contributed by atoms with Crippen LogP contribution in [0.5, 0.6) is 0 Å². The van der Waals surface area contributed by atoms with E-state index in [1.807, 2.05) is 0 Å². The van der Waals surface area contributed by atoms with E-state index in [4.69, 9.17) is 23.7 Å². The molecule has 15 nitrogen and oxygen atoms in total. The second kappa shape index (κ2) is 13.8. The van der Waals surface area contributed by atoms with E-state index in [1.54, 1.807) is 0 Å². The molecule has 2 rings (SSSR count). The molecule has 208 valence electrons. The first kappa shape index (κ1) is 30.6. The molecule has 2 fully saturated rings. The summed E-state index contributed by atoms with van der Waals surface area (Å²) in [5.41, 5.74) is 0. The maximum absolute atomic E-state index is 10.4. The van der Waals surface area contributed by atoms with Crippen molar-refractivity contribution in [2.45, 2.75) is 99.7 Å². The van der Waals surface area contributed by atoms with Crippen LogP contribution >= 0.6 is 0 Å². The topological polar surface area (TPSA) is 248 Å². The van der Waals surface area contributed by atoms with Crippen LogP contribution in [-0.4, -0.2) is 163 Å². The molecule has 0 aromatic rings. The maximum atomic E-state index is 10.4. The molecule has 0 bridgehead atoms. The molecule has 0 amide bonds. The van der Waals surface area contributed by atoms with Crippen LogP contribution in [0.4, 0.5) is 0 Å². The standard InChI is InChI=1S/C20H38O15/c1-7(32-20-17(30)15(28)14(27)11(5-23)34-20)10(4-22)33-19(9(25)3-21)35-18-12(6-24)31-8(2)13(26)16(18)29/h7-30H,3-6H2,1-2H3/t7-,8?,9-,10?,11?,12?,13?,14?,15?,16?,17?,18?,19?,20?/m0/s1. The Bertz CT molecular complexity index is 609. The highest BCUT2D eigenvalue weighted by Crippen LogP contribution is 2.27. The minimum Gasteiger partial charge on any atom is -0.394 e. The molecule has 0 spiro atoms. The molecular weight excluding hydrogens is 480 g/mol. The Morgan fingerprint density at radius 2 is 1.37 bits per heavy atom. The smallest absolute Gasteiger partial charge is 0.187 e. The highest BCUT2D eigenvalue weighted by atomic mass is 16.7. The van der Waals surface area contributed by atoms with Crippen molar-refractivity contribution in [1.29, 1.82) is 0 Å². The Labute approximate surface area is 201 Å². The van der Waals surface area contributed by atoms with Crippen LogP contribution < -0.4 is 0 Å². The third kappa shape index (κ3) is 7.25. The van der Waals surface area contributed by atoms with Gasteiger partial charge in [0.2, 0.25) is 0 Å². The maximum Gasteiger partial charge on any atom is 0.187 e. The lowest BCUT2D eigenvalue weighted by atomic mass is 9.95. The van der Waals surface area contributed by atoms with Gasteiger partial charge in [-0.05, 0) is 13.8 Å². The van der Waals surface area contributed by atoms with Gasteiger partial charge in [-0.15, -0.1) is 0 Å². The summed E-state index contributed by atoms with van der Waals surface area (Å²) in [7, 11) is 0. The van der Waals surface area contributed by atoms with E-state index in [1.165, 1.54) is 13.8 Å². The number of rotatable bonds is 12.